The molecule has 0 amide bonds. The number of carbonyl (C=O) groups is 1. The van der Waals surface area contributed by atoms with Gasteiger partial charge in [-0.3, -0.25) is 9.78 Å². The van der Waals surface area contributed by atoms with E-state index in [1.54, 1.807) is 0 Å². The minimum atomic E-state index is -0.980. The van der Waals surface area contributed by atoms with Gasteiger partial charge < -0.3 is 14.7 Å². The molecule has 0 aliphatic rings. The summed E-state index contributed by atoms with van der Waals surface area (Å²) in [5.74, 6) is 2.16. The Morgan fingerprint density at radius 2 is 2.39 bits per heavy atom. The van der Waals surface area contributed by atoms with Crippen molar-refractivity contribution in [3.63, 3.8) is 0 Å². The van der Waals surface area contributed by atoms with E-state index in [1.165, 1.54) is 17.3 Å². The van der Waals surface area contributed by atoms with E-state index in [0.717, 1.165) is 6.42 Å². The lowest BCUT2D eigenvalue weighted by molar-refractivity contribution is -0.135. The molecule has 0 radical (unpaired) electrons. The highest BCUT2D eigenvalue weighted by molar-refractivity contribution is 5.73. The van der Waals surface area contributed by atoms with Gasteiger partial charge in [-0.05, 0) is 6.42 Å². The van der Waals surface area contributed by atoms with Crippen molar-refractivity contribution in [3.8, 4) is 18.2 Å². The number of anilines is 1. The molecule has 1 rings (SSSR count). The standard InChI is InChI=1S/C12H15N3O3/c1-3-5-15(9-12(16)17)10-7-13-8-11(14-10)18-6-4-2/h1,7-8H,4-6,9H2,2H3,(H,16,17). The lowest BCUT2D eigenvalue weighted by atomic mass is 10.4. The molecule has 0 atom stereocenters. The number of nitrogens with zero attached hydrogens (tertiary/aromatic N) is 3. The highest BCUT2D eigenvalue weighted by Crippen LogP contribution is 2.13. The first-order valence-corrected chi connectivity index (χ1v) is 5.52. The third-order valence-electron chi connectivity index (χ3n) is 1.99. The molecule has 0 unspecified atom stereocenters. The molecule has 96 valence electrons. The molecule has 0 spiro atoms. The van der Waals surface area contributed by atoms with Crippen LogP contribution in [0.15, 0.2) is 12.4 Å². The second-order valence-electron chi connectivity index (χ2n) is 3.52. The first-order chi connectivity index (χ1) is 8.67. The average Bonchev–Trinajstić information content (AvgIpc) is 2.36. The molecule has 0 bridgehead atoms. The van der Waals surface area contributed by atoms with Crippen LogP contribution in [0.3, 0.4) is 0 Å². The summed E-state index contributed by atoms with van der Waals surface area (Å²) in [4.78, 5) is 20.3. The van der Waals surface area contributed by atoms with E-state index in [4.69, 9.17) is 16.3 Å². The van der Waals surface area contributed by atoms with E-state index < -0.39 is 5.97 Å². The van der Waals surface area contributed by atoms with Crippen LogP contribution in [-0.2, 0) is 4.79 Å². The lowest BCUT2D eigenvalue weighted by Crippen LogP contribution is -2.30. The van der Waals surface area contributed by atoms with E-state index in [0.29, 0.717) is 18.3 Å². The number of terminal acetylenes is 1. The van der Waals surface area contributed by atoms with Crippen molar-refractivity contribution in [2.24, 2.45) is 0 Å². The lowest BCUT2D eigenvalue weighted by Gasteiger charge is -2.18. The normalized spacial score (nSPS) is 9.56. The van der Waals surface area contributed by atoms with Crippen molar-refractivity contribution in [2.45, 2.75) is 13.3 Å². The maximum absolute atomic E-state index is 10.7. The highest BCUT2D eigenvalue weighted by Gasteiger charge is 2.12. The zero-order valence-corrected chi connectivity index (χ0v) is 10.2. The van der Waals surface area contributed by atoms with E-state index >= 15 is 0 Å². The Morgan fingerprint density at radius 1 is 1.61 bits per heavy atom. The smallest absolute Gasteiger partial charge is 0.323 e. The van der Waals surface area contributed by atoms with Gasteiger partial charge in [0.2, 0.25) is 5.88 Å². The van der Waals surface area contributed by atoms with Crippen molar-refractivity contribution in [3.05, 3.63) is 12.4 Å². The van der Waals surface area contributed by atoms with Crippen LogP contribution in [0.5, 0.6) is 5.88 Å². The summed E-state index contributed by atoms with van der Waals surface area (Å²) in [6, 6.07) is 0. The molecule has 18 heavy (non-hydrogen) atoms. The number of carboxylic acids is 1. The maximum atomic E-state index is 10.7. The molecule has 1 heterocycles. The topological polar surface area (TPSA) is 75.6 Å². The van der Waals surface area contributed by atoms with Crippen LogP contribution < -0.4 is 9.64 Å². The summed E-state index contributed by atoms with van der Waals surface area (Å²) in [5.41, 5.74) is 0. The van der Waals surface area contributed by atoms with Crippen molar-refractivity contribution in [2.75, 3.05) is 24.6 Å². The molecule has 1 N–H and O–H groups in total. The molecule has 0 aliphatic carbocycles. The molecular formula is C12H15N3O3. The number of aliphatic carboxylic acids is 1. The fourth-order valence-electron chi connectivity index (χ4n) is 1.26. The third-order valence-corrected chi connectivity index (χ3v) is 1.99. The van der Waals surface area contributed by atoms with E-state index in [2.05, 4.69) is 15.9 Å². The Bertz CT molecular complexity index is 442. The monoisotopic (exact) mass is 249 g/mol. The van der Waals surface area contributed by atoms with Gasteiger partial charge in [0.25, 0.3) is 0 Å². The minimum Gasteiger partial charge on any atom is -0.480 e. The molecule has 6 nitrogen and oxygen atoms in total. The molecule has 0 aromatic carbocycles. The summed E-state index contributed by atoms with van der Waals surface area (Å²) in [6.45, 7) is 2.44. The zero-order valence-electron chi connectivity index (χ0n) is 10.2. The van der Waals surface area contributed by atoms with Crippen LogP contribution >= 0.6 is 0 Å². The Kier molecular flexibility index (Phi) is 5.45. The van der Waals surface area contributed by atoms with Crippen molar-refractivity contribution >= 4 is 11.8 Å². The fraction of sp³-hybridized carbons (Fsp3) is 0.417. The van der Waals surface area contributed by atoms with Crippen LogP contribution in [-0.4, -0.2) is 40.7 Å². The molecule has 0 saturated carbocycles. The van der Waals surface area contributed by atoms with Gasteiger partial charge in [0.1, 0.15) is 6.54 Å². The van der Waals surface area contributed by atoms with Crippen molar-refractivity contribution in [1.82, 2.24) is 9.97 Å². The summed E-state index contributed by atoms with van der Waals surface area (Å²) in [7, 11) is 0. The average molecular weight is 249 g/mol. The second-order valence-corrected chi connectivity index (χ2v) is 3.52. The van der Waals surface area contributed by atoms with Crippen LogP contribution in [0.1, 0.15) is 13.3 Å². The first kappa shape index (κ1) is 13.8. The molecule has 0 aliphatic heterocycles. The quantitative estimate of drug-likeness (QED) is 0.720. The number of carboxylic acid groups (broad SMARTS) is 1. The minimum absolute atomic E-state index is 0.151. The van der Waals surface area contributed by atoms with Crippen molar-refractivity contribution in [1.29, 1.82) is 0 Å². The number of aromatic nitrogens is 2. The zero-order chi connectivity index (χ0) is 13.4. The Balaban J connectivity index is 2.83. The summed E-state index contributed by atoms with van der Waals surface area (Å²) >= 11 is 0. The van der Waals surface area contributed by atoms with Crippen LogP contribution in [0.2, 0.25) is 0 Å². The van der Waals surface area contributed by atoms with Gasteiger partial charge in [-0.2, -0.15) is 4.98 Å². The van der Waals surface area contributed by atoms with Gasteiger partial charge in [0.05, 0.1) is 25.5 Å². The van der Waals surface area contributed by atoms with E-state index in [-0.39, 0.29) is 13.1 Å². The summed E-state index contributed by atoms with van der Waals surface area (Å²) < 4.78 is 5.33. The van der Waals surface area contributed by atoms with Crippen molar-refractivity contribution < 1.29 is 14.6 Å². The predicted molar refractivity (Wildman–Crippen MR) is 66.5 cm³/mol. The summed E-state index contributed by atoms with van der Waals surface area (Å²) in [6.07, 6.45) is 8.99. The van der Waals surface area contributed by atoms with E-state index in [1.807, 2.05) is 6.92 Å². The highest BCUT2D eigenvalue weighted by atomic mass is 16.5. The molecule has 6 heteroatoms. The number of hydrogen-bond donors (Lipinski definition) is 1. The number of hydrogen-bond acceptors (Lipinski definition) is 5. The SMILES string of the molecule is C#CCN(CC(=O)O)c1cncc(OCCC)n1. The molecule has 0 saturated heterocycles. The van der Waals surface area contributed by atoms with Gasteiger partial charge in [-0.15, -0.1) is 6.42 Å². The molecule has 0 fully saturated rings. The van der Waals surface area contributed by atoms with Crippen LogP contribution in [0.4, 0.5) is 5.82 Å². The second kappa shape index (κ2) is 7.12. The Hall–Kier alpha value is -2.29. The van der Waals surface area contributed by atoms with Gasteiger partial charge in [-0.1, -0.05) is 12.8 Å². The molecule has 1 aromatic rings. The van der Waals surface area contributed by atoms with Crippen LogP contribution in [0, 0.1) is 12.3 Å². The Morgan fingerprint density at radius 3 is 3.00 bits per heavy atom. The van der Waals surface area contributed by atoms with Gasteiger partial charge in [0, 0.05) is 0 Å². The van der Waals surface area contributed by atoms with Gasteiger partial charge in [-0.25, -0.2) is 0 Å². The first-order valence-electron chi connectivity index (χ1n) is 5.52. The number of ether oxygens (including phenoxy) is 1. The molecule has 1 aromatic heterocycles. The largest absolute Gasteiger partial charge is 0.480 e. The number of rotatable bonds is 7. The van der Waals surface area contributed by atoms with Crippen LogP contribution in [0.25, 0.3) is 0 Å². The predicted octanol–water partition coefficient (Wildman–Crippen LogP) is 0.790. The van der Waals surface area contributed by atoms with E-state index in [9.17, 15) is 4.79 Å². The Labute approximate surface area is 106 Å². The summed E-state index contributed by atoms with van der Waals surface area (Å²) in [5, 5.41) is 8.79. The van der Waals surface area contributed by atoms with Gasteiger partial charge >= 0.3 is 5.97 Å². The third kappa shape index (κ3) is 4.29. The maximum Gasteiger partial charge on any atom is 0.323 e. The fourth-order valence-corrected chi connectivity index (χ4v) is 1.26. The van der Waals surface area contributed by atoms with Gasteiger partial charge in [0.15, 0.2) is 5.82 Å². The molecular weight excluding hydrogens is 234 g/mol.